The van der Waals surface area contributed by atoms with Gasteiger partial charge in [-0.1, -0.05) is 46.8 Å². The van der Waals surface area contributed by atoms with Gasteiger partial charge in [0, 0.05) is 0 Å². The van der Waals surface area contributed by atoms with Crippen LogP contribution >= 0.6 is 0 Å². The van der Waals surface area contributed by atoms with Crippen LogP contribution in [0.1, 0.15) is 107 Å². The van der Waals surface area contributed by atoms with Crippen molar-refractivity contribution in [3.63, 3.8) is 0 Å². The molecule has 7 fully saturated rings. The van der Waals surface area contributed by atoms with Gasteiger partial charge in [0.15, 0.2) is 18.9 Å². The summed E-state index contributed by atoms with van der Waals surface area (Å²) in [6.07, 6.45) is -19.0. The maximum absolute atomic E-state index is 12.8. The molecule has 7 aliphatic rings. The largest absolute Gasteiger partial charge is 0.394 e. The molecule has 394 valence electrons. The molecule has 4 saturated carbocycles. The van der Waals surface area contributed by atoms with Gasteiger partial charge in [-0.3, -0.25) is 5.26 Å². The second-order valence-corrected chi connectivity index (χ2v) is 23.5. The van der Waals surface area contributed by atoms with E-state index in [1.165, 1.54) is 6.92 Å². The van der Waals surface area contributed by atoms with E-state index in [1.807, 2.05) is 20.8 Å². The van der Waals surface area contributed by atoms with E-state index in [2.05, 4.69) is 25.7 Å². The number of rotatable bonds is 13. The maximum Gasteiger partial charge on any atom is 0.187 e. The number of aliphatic hydroxyl groups excluding tert-OH is 12. The molecule has 26 atom stereocenters. The molecule has 0 bridgehead atoms. The van der Waals surface area contributed by atoms with Gasteiger partial charge in [0.2, 0.25) is 0 Å². The van der Waals surface area contributed by atoms with Crippen molar-refractivity contribution in [2.75, 3.05) is 13.2 Å². The van der Waals surface area contributed by atoms with Crippen molar-refractivity contribution < 1.29 is 99.8 Å². The van der Waals surface area contributed by atoms with E-state index in [9.17, 15) is 66.5 Å². The summed E-state index contributed by atoms with van der Waals surface area (Å²) >= 11 is 0. The van der Waals surface area contributed by atoms with Gasteiger partial charge in [-0.15, -0.1) is 0 Å². The van der Waals surface area contributed by atoms with E-state index >= 15 is 0 Å². The third-order valence-electron chi connectivity index (χ3n) is 18.8. The van der Waals surface area contributed by atoms with Crippen LogP contribution in [0, 0.1) is 45.3 Å². The number of fused-ring (bicyclic) bond motifs is 5. The molecule has 3 aliphatic heterocycles. The highest BCUT2D eigenvalue weighted by Gasteiger charge is 2.74. The van der Waals surface area contributed by atoms with Crippen molar-refractivity contribution in [1.82, 2.24) is 0 Å². The van der Waals surface area contributed by atoms with Crippen LogP contribution in [0.15, 0.2) is 12.2 Å². The fourth-order valence-corrected chi connectivity index (χ4v) is 14.8. The number of hydrogen-bond donors (Lipinski definition) is 13. The molecular formula is C48H82O20. The first kappa shape index (κ1) is 54.7. The Morgan fingerprint density at radius 1 is 0.662 bits per heavy atom. The molecule has 0 amide bonds. The van der Waals surface area contributed by atoms with Gasteiger partial charge in [0.1, 0.15) is 72.7 Å². The molecule has 68 heavy (non-hydrogen) atoms. The summed E-state index contributed by atoms with van der Waals surface area (Å²) in [6.45, 7) is 15.8. The molecule has 3 saturated heterocycles. The van der Waals surface area contributed by atoms with Crippen LogP contribution < -0.4 is 0 Å². The van der Waals surface area contributed by atoms with E-state index in [0.717, 1.165) is 0 Å². The van der Waals surface area contributed by atoms with E-state index < -0.39 is 174 Å². The zero-order chi connectivity index (χ0) is 50.4. The first-order valence-corrected chi connectivity index (χ1v) is 24.5. The normalized spacial score (nSPS) is 52.8. The summed E-state index contributed by atoms with van der Waals surface area (Å²) in [6, 6.07) is 0. The number of ether oxygens (including phenoxy) is 6. The summed E-state index contributed by atoms with van der Waals surface area (Å²) in [5, 5.41) is 142. The standard InChI is InChI=1S/C48H82O20/c1-21-30(53)33(56)36(59)40(62-21)66-38-35(58)32(55)26(20-50)65-42(38)63-24-18-47(8)27(45(6)15-12-28(52)44(4,5)39(24)45)17-23(51)29-22(11-16-46(29,47)7)48(9,14-10-13-43(2,3)68-61)67-41-37(60)34(57)31(54)25(19-49)64-41/h10,13,21-42,49-61H,11-12,14-20H2,1-9H3/b13-10+/t21-,22-,23+,24-,25+,26+,27+,28-,29-,30-,31+,32+,33+,34-,35-,36+,37+,38+,39-,40-,41-,42+,45+,46+,47+,48-/m0/s1. The predicted octanol–water partition coefficient (Wildman–Crippen LogP) is -0.560. The highest BCUT2D eigenvalue weighted by molar-refractivity contribution is 5.22. The summed E-state index contributed by atoms with van der Waals surface area (Å²) in [5.41, 5.74) is -5.04. The Balaban J connectivity index is 1.28. The average Bonchev–Trinajstić information content (AvgIpc) is 3.67. The molecule has 20 nitrogen and oxygen atoms in total. The minimum Gasteiger partial charge on any atom is -0.394 e. The molecule has 0 aromatic carbocycles. The van der Waals surface area contributed by atoms with Crippen molar-refractivity contribution in [1.29, 1.82) is 0 Å². The lowest BCUT2D eigenvalue weighted by Gasteiger charge is -2.72. The van der Waals surface area contributed by atoms with Gasteiger partial charge in [0.25, 0.3) is 0 Å². The number of aliphatic hydroxyl groups is 12. The van der Waals surface area contributed by atoms with Crippen molar-refractivity contribution in [3.8, 4) is 0 Å². The molecule has 0 aromatic heterocycles. The predicted molar refractivity (Wildman–Crippen MR) is 236 cm³/mol. The summed E-state index contributed by atoms with van der Waals surface area (Å²) < 4.78 is 37.9. The minimum atomic E-state index is -1.77. The van der Waals surface area contributed by atoms with Crippen molar-refractivity contribution in [3.05, 3.63) is 12.2 Å². The molecular weight excluding hydrogens is 897 g/mol. The molecule has 7 rings (SSSR count). The van der Waals surface area contributed by atoms with Crippen molar-refractivity contribution >= 4 is 0 Å². The minimum absolute atomic E-state index is 0.140. The first-order chi connectivity index (χ1) is 31.6. The van der Waals surface area contributed by atoms with Gasteiger partial charge < -0.3 is 89.7 Å². The third-order valence-corrected chi connectivity index (χ3v) is 18.8. The molecule has 13 N–H and O–H groups in total. The Bertz CT molecular complexity index is 1750. The maximum atomic E-state index is 12.8. The second kappa shape index (κ2) is 19.7. The highest BCUT2D eigenvalue weighted by atomic mass is 17.1. The smallest absolute Gasteiger partial charge is 0.187 e. The van der Waals surface area contributed by atoms with E-state index in [1.54, 1.807) is 26.0 Å². The fraction of sp³-hybridized carbons (Fsp3) is 0.958. The Hall–Kier alpha value is -1.06. The molecule has 20 heteroatoms. The average molecular weight is 979 g/mol. The van der Waals surface area contributed by atoms with E-state index in [-0.39, 0.29) is 12.3 Å². The summed E-state index contributed by atoms with van der Waals surface area (Å²) in [7, 11) is 0. The van der Waals surface area contributed by atoms with Crippen LogP contribution in [0.5, 0.6) is 0 Å². The van der Waals surface area contributed by atoms with Crippen LogP contribution in [0.2, 0.25) is 0 Å². The van der Waals surface area contributed by atoms with Crippen LogP contribution in [0.4, 0.5) is 0 Å². The molecule has 4 aliphatic carbocycles. The van der Waals surface area contributed by atoms with Crippen LogP contribution in [-0.2, 0) is 33.3 Å². The van der Waals surface area contributed by atoms with Gasteiger partial charge in [-0.2, -0.15) is 0 Å². The van der Waals surface area contributed by atoms with Crippen molar-refractivity contribution in [2.45, 2.75) is 229 Å². The van der Waals surface area contributed by atoms with Crippen LogP contribution in [-0.4, -0.2) is 201 Å². The van der Waals surface area contributed by atoms with Gasteiger partial charge >= 0.3 is 0 Å². The zero-order valence-electron chi connectivity index (χ0n) is 40.9. The Labute approximate surface area is 398 Å². The molecule has 0 spiro atoms. The van der Waals surface area contributed by atoms with Gasteiger partial charge in [-0.25, -0.2) is 4.89 Å². The monoisotopic (exact) mass is 979 g/mol. The van der Waals surface area contributed by atoms with Gasteiger partial charge in [-0.05, 0) is 118 Å². The topological polar surface area (TPSA) is 328 Å². The SMILES string of the molecule is C[C@@H]1O[C@@H](O[C@H]2[C@H](O[C@H]3C[C@]4(C)[C@H](C[C@@H](O)[C@@H]5[C@@H]([C@](C)(C/C=C/C(C)(C)OO)O[C@@H]6O[C@H](CO)[C@@H](O)[C@H](O)[C@H]6O)CC[C@]54C)[C@@]4(C)CC[C@H](O)C(C)(C)[C@H]34)O[C@H](CO)[C@@H](O)[C@@H]2O)[C@H](O)[C@H](O)[C@H]1O. The van der Waals surface area contributed by atoms with Crippen molar-refractivity contribution in [2.24, 2.45) is 45.3 Å². The van der Waals surface area contributed by atoms with Crippen LogP contribution in [0.3, 0.4) is 0 Å². The third kappa shape index (κ3) is 9.09. The molecule has 3 heterocycles. The van der Waals surface area contributed by atoms with E-state index in [4.69, 9.17) is 28.4 Å². The molecule has 0 aromatic rings. The van der Waals surface area contributed by atoms with Crippen LogP contribution in [0.25, 0.3) is 0 Å². The highest BCUT2D eigenvalue weighted by Crippen LogP contribution is 2.76. The Kier molecular flexibility index (Phi) is 15.8. The lowest BCUT2D eigenvalue weighted by atomic mass is 9.34. The van der Waals surface area contributed by atoms with E-state index in [0.29, 0.717) is 38.5 Å². The second-order valence-electron chi connectivity index (χ2n) is 23.5. The lowest BCUT2D eigenvalue weighted by Crippen LogP contribution is -2.71. The molecule has 0 unspecified atom stereocenters. The fourth-order valence-electron chi connectivity index (χ4n) is 14.8. The Morgan fingerprint density at radius 2 is 1.25 bits per heavy atom. The summed E-state index contributed by atoms with van der Waals surface area (Å²) in [4.78, 5) is 4.67. The summed E-state index contributed by atoms with van der Waals surface area (Å²) in [5.74, 6) is -1.45. The molecule has 0 radical (unpaired) electrons. The van der Waals surface area contributed by atoms with Gasteiger partial charge in [0.05, 0.1) is 43.2 Å². The first-order valence-electron chi connectivity index (χ1n) is 24.5. The zero-order valence-corrected chi connectivity index (χ0v) is 40.9. The number of hydrogen-bond acceptors (Lipinski definition) is 20. The Morgan fingerprint density at radius 3 is 1.87 bits per heavy atom. The quantitative estimate of drug-likeness (QED) is 0.0476. The lowest BCUT2D eigenvalue weighted by molar-refractivity contribution is -0.382.